The standard InChI is InChI=1S/C7H18OP/c1-5-8-9(4,6-2)7-3/h5-7H2,1-4H3/q+1. The van der Waals surface area contributed by atoms with Crippen LogP contribution >= 0.6 is 7.49 Å². The van der Waals surface area contributed by atoms with Crippen molar-refractivity contribution in [3.8, 4) is 0 Å². The van der Waals surface area contributed by atoms with Gasteiger partial charge in [-0.3, -0.25) is 0 Å². The second-order valence-electron chi connectivity index (χ2n) is 2.35. The van der Waals surface area contributed by atoms with Crippen LogP contribution in [-0.2, 0) is 4.52 Å². The van der Waals surface area contributed by atoms with Gasteiger partial charge in [0.1, 0.15) is 7.49 Å². The van der Waals surface area contributed by atoms with Crippen LogP contribution < -0.4 is 0 Å². The molecule has 0 N–H and O–H groups in total. The fourth-order valence-electron chi connectivity index (χ4n) is 0.718. The lowest BCUT2D eigenvalue weighted by Gasteiger charge is -2.16. The number of rotatable bonds is 4. The lowest BCUT2D eigenvalue weighted by Crippen LogP contribution is -2.01. The van der Waals surface area contributed by atoms with Crippen molar-refractivity contribution in [2.45, 2.75) is 20.8 Å². The monoisotopic (exact) mass is 149 g/mol. The maximum atomic E-state index is 5.64. The number of hydrogen-bond acceptors (Lipinski definition) is 1. The van der Waals surface area contributed by atoms with Gasteiger partial charge in [-0.1, -0.05) is 0 Å². The third kappa shape index (κ3) is 3.17. The normalized spacial score (nSPS) is 12.0. The minimum atomic E-state index is -0.931. The Kier molecular flexibility index (Phi) is 4.43. The van der Waals surface area contributed by atoms with Crippen molar-refractivity contribution in [1.82, 2.24) is 0 Å². The molecular weight excluding hydrogens is 131 g/mol. The average Bonchev–Trinajstić information content (AvgIpc) is 1.89. The molecule has 0 aliphatic heterocycles. The molecule has 0 bridgehead atoms. The van der Waals surface area contributed by atoms with E-state index in [9.17, 15) is 0 Å². The van der Waals surface area contributed by atoms with Crippen LogP contribution in [0.5, 0.6) is 0 Å². The van der Waals surface area contributed by atoms with E-state index in [1.807, 2.05) is 0 Å². The molecule has 0 unspecified atom stereocenters. The molecule has 0 aromatic carbocycles. The molecule has 56 valence electrons. The topological polar surface area (TPSA) is 9.23 Å². The first-order valence-corrected chi connectivity index (χ1v) is 6.20. The van der Waals surface area contributed by atoms with Gasteiger partial charge in [0.2, 0.25) is 0 Å². The Labute approximate surface area is 59.2 Å². The van der Waals surface area contributed by atoms with Crippen LogP contribution in [0.15, 0.2) is 0 Å². The summed E-state index contributed by atoms with van der Waals surface area (Å²) in [4.78, 5) is 0. The molecular formula is C7H18OP+. The highest BCUT2D eigenvalue weighted by Gasteiger charge is 2.27. The van der Waals surface area contributed by atoms with E-state index >= 15 is 0 Å². The summed E-state index contributed by atoms with van der Waals surface area (Å²) in [5.41, 5.74) is 0. The van der Waals surface area contributed by atoms with Gasteiger partial charge in [0.25, 0.3) is 0 Å². The van der Waals surface area contributed by atoms with Crippen molar-refractivity contribution in [2.24, 2.45) is 0 Å². The third-order valence-electron chi connectivity index (χ3n) is 1.78. The van der Waals surface area contributed by atoms with Crippen LogP contribution in [0, 0.1) is 0 Å². The molecule has 1 nitrogen and oxygen atoms in total. The van der Waals surface area contributed by atoms with Crippen molar-refractivity contribution >= 4 is 7.49 Å². The smallest absolute Gasteiger partial charge is 0.142 e. The highest BCUT2D eigenvalue weighted by molar-refractivity contribution is 7.70. The van der Waals surface area contributed by atoms with Crippen LogP contribution in [0.1, 0.15) is 20.8 Å². The highest BCUT2D eigenvalue weighted by atomic mass is 31.2. The van der Waals surface area contributed by atoms with Gasteiger partial charge in [0.05, 0.1) is 25.6 Å². The zero-order valence-corrected chi connectivity index (χ0v) is 7.87. The van der Waals surface area contributed by atoms with Crippen LogP contribution in [0.3, 0.4) is 0 Å². The van der Waals surface area contributed by atoms with Gasteiger partial charge in [-0.25, -0.2) is 4.52 Å². The molecule has 0 spiro atoms. The molecule has 0 atom stereocenters. The fourth-order valence-corrected chi connectivity index (χ4v) is 2.15. The predicted molar refractivity (Wildman–Crippen MR) is 45.6 cm³/mol. The van der Waals surface area contributed by atoms with Gasteiger partial charge in [0, 0.05) is 0 Å². The minimum Gasteiger partial charge on any atom is -0.239 e. The Balaban J connectivity index is 3.62. The lowest BCUT2D eigenvalue weighted by molar-refractivity contribution is 0.368. The molecule has 0 rings (SSSR count). The average molecular weight is 149 g/mol. The summed E-state index contributed by atoms with van der Waals surface area (Å²) in [5.74, 6) is 0. The molecule has 0 aromatic heterocycles. The summed E-state index contributed by atoms with van der Waals surface area (Å²) < 4.78 is 5.64. The largest absolute Gasteiger partial charge is 0.239 e. The Hall–Kier alpha value is 0.390. The summed E-state index contributed by atoms with van der Waals surface area (Å²) in [6.07, 6.45) is 2.44. The van der Waals surface area contributed by atoms with E-state index in [2.05, 4.69) is 27.4 Å². The molecule has 0 amide bonds. The fraction of sp³-hybridized carbons (Fsp3) is 1.00. The second kappa shape index (κ2) is 4.24. The van der Waals surface area contributed by atoms with Crippen LogP contribution in [0.2, 0.25) is 0 Å². The van der Waals surface area contributed by atoms with Crippen LogP contribution in [0.25, 0.3) is 0 Å². The molecule has 9 heavy (non-hydrogen) atoms. The Morgan fingerprint density at radius 1 is 1.11 bits per heavy atom. The molecule has 0 aliphatic rings. The Morgan fingerprint density at radius 2 is 1.56 bits per heavy atom. The second-order valence-corrected chi connectivity index (χ2v) is 6.46. The minimum absolute atomic E-state index is 0.881. The maximum absolute atomic E-state index is 5.64. The van der Waals surface area contributed by atoms with Gasteiger partial charge in [-0.15, -0.1) is 0 Å². The molecule has 0 saturated heterocycles. The Morgan fingerprint density at radius 3 is 1.67 bits per heavy atom. The van der Waals surface area contributed by atoms with E-state index in [1.54, 1.807) is 0 Å². The molecule has 2 heteroatoms. The van der Waals surface area contributed by atoms with E-state index in [4.69, 9.17) is 4.52 Å². The Bertz CT molecular complexity index is 69.3. The van der Waals surface area contributed by atoms with Crippen molar-refractivity contribution in [2.75, 3.05) is 25.6 Å². The van der Waals surface area contributed by atoms with Crippen molar-refractivity contribution < 1.29 is 4.52 Å². The zero-order chi connectivity index (χ0) is 7.33. The van der Waals surface area contributed by atoms with Gasteiger partial charge in [0.15, 0.2) is 0 Å². The molecule has 0 radical (unpaired) electrons. The summed E-state index contributed by atoms with van der Waals surface area (Å²) >= 11 is 0. The first-order chi connectivity index (χ1) is 4.18. The molecule has 0 aliphatic carbocycles. The van der Waals surface area contributed by atoms with Gasteiger partial charge < -0.3 is 0 Å². The molecule has 0 heterocycles. The summed E-state index contributed by atoms with van der Waals surface area (Å²) in [6.45, 7) is 9.66. The summed E-state index contributed by atoms with van der Waals surface area (Å²) in [5, 5.41) is 0. The van der Waals surface area contributed by atoms with E-state index in [0.29, 0.717) is 0 Å². The summed E-state index contributed by atoms with van der Waals surface area (Å²) in [6, 6.07) is 0. The SMILES string of the molecule is CCO[P+](C)(CC)CC. The molecule has 0 saturated carbocycles. The third-order valence-corrected chi connectivity index (χ3v) is 5.34. The van der Waals surface area contributed by atoms with Gasteiger partial charge in [-0.05, 0) is 20.8 Å². The van der Waals surface area contributed by atoms with E-state index in [-0.39, 0.29) is 0 Å². The van der Waals surface area contributed by atoms with Gasteiger partial charge >= 0.3 is 0 Å². The number of hydrogen-bond donors (Lipinski definition) is 0. The molecule has 0 fully saturated rings. The zero-order valence-electron chi connectivity index (χ0n) is 6.98. The first kappa shape index (κ1) is 9.39. The van der Waals surface area contributed by atoms with Crippen LogP contribution in [0.4, 0.5) is 0 Å². The van der Waals surface area contributed by atoms with E-state index < -0.39 is 7.49 Å². The van der Waals surface area contributed by atoms with Crippen LogP contribution in [-0.4, -0.2) is 25.6 Å². The van der Waals surface area contributed by atoms with E-state index in [0.717, 1.165) is 6.61 Å². The maximum Gasteiger partial charge on any atom is 0.142 e. The van der Waals surface area contributed by atoms with Crippen molar-refractivity contribution in [3.63, 3.8) is 0 Å². The van der Waals surface area contributed by atoms with Gasteiger partial charge in [-0.2, -0.15) is 0 Å². The predicted octanol–water partition coefficient (Wildman–Crippen LogP) is 2.63. The lowest BCUT2D eigenvalue weighted by atomic mass is 10.9. The molecule has 0 aromatic rings. The first-order valence-electron chi connectivity index (χ1n) is 3.67. The summed E-state index contributed by atoms with van der Waals surface area (Å²) in [7, 11) is -0.931. The van der Waals surface area contributed by atoms with Crippen molar-refractivity contribution in [3.05, 3.63) is 0 Å². The highest BCUT2D eigenvalue weighted by Crippen LogP contribution is 2.55. The quantitative estimate of drug-likeness (QED) is 0.558. The van der Waals surface area contributed by atoms with Crippen molar-refractivity contribution in [1.29, 1.82) is 0 Å². The van der Waals surface area contributed by atoms with E-state index in [1.165, 1.54) is 12.3 Å².